The molecule has 0 aliphatic heterocycles. The van der Waals surface area contributed by atoms with Gasteiger partial charge in [0.1, 0.15) is 0 Å². The van der Waals surface area contributed by atoms with Crippen molar-refractivity contribution in [2.45, 2.75) is 58.2 Å². The first-order valence-corrected chi connectivity index (χ1v) is 12.3. The van der Waals surface area contributed by atoms with E-state index in [1.54, 1.807) is 0 Å². The van der Waals surface area contributed by atoms with Crippen molar-refractivity contribution in [3.8, 4) is 11.4 Å². The molecule has 0 bridgehead atoms. The first kappa shape index (κ1) is 21.1. The summed E-state index contributed by atoms with van der Waals surface area (Å²) in [5, 5.41) is 15.0. The normalized spacial score (nSPS) is 16.0. The molecule has 1 N–H and O–H groups in total. The Bertz CT molecular complexity index is 1050. The smallest absolute Gasteiger partial charge is 0.234 e. The molecule has 0 saturated heterocycles. The largest absolute Gasteiger partial charge is 0.325 e. The van der Waals surface area contributed by atoms with Crippen molar-refractivity contribution in [3.63, 3.8) is 0 Å². The number of hydrogen-bond donors (Lipinski definition) is 1. The summed E-state index contributed by atoms with van der Waals surface area (Å²) in [6.45, 7) is 8.61. The van der Waals surface area contributed by atoms with E-state index in [1.165, 1.54) is 34.2 Å². The summed E-state index contributed by atoms with van der Waals surface area (Å²) in [6, 6.07) is 8.03. The SMILES string of the molecule is Cc1ccccc1NC(=O)CSc1nnc(-c2csc3c2CCC(C)C3)n1C(C)C. The van der Waals surface area contributed by atoms with Gasteiger partial charge in [-0.25, -0.2) is 0 Å². The Morgan fingerprint density at radius 2 is 2.13 bits per heavy atom. The maximum atomic E-state index is 12.5. The standard InChI is InChI=1S/C23H28N4OS2/c1-14(2)27-22(18-12-29-20-11-15(3)9-10-17(18)20)25-26-23(27)30-13-21(28)24-19-8-6-5-7-16(19)4/h5-8,12,14-15H,9-11,13H2,1-4H3,(H,24,28). The topological polar surface area (TPSA) is 59.8 Å². The Morgan fingerprint density at radius 1 is 1.33 bits per heavy atom. The van der Waals surface area contributed by atoms with Crippen LogP contribution in [0.2, 0.25) is 0 Å². The monoisotopic (exact) mass is 440 g/mol. The van der Waals surface area contributed by atoms with E-state index >= 15 is 0 Å². The Labute approximate surface area is 186 Å². The number of hydrogen-bond acceptors (Lipinski definition) is 5. The number of carbonyl (C=O) groups excluding carboxylic acids is 1. The number of thioether (sulfide) groups is 1. The molecule has 1 atom stereocenters. The number of fused-ring (bicyclic) bond motifs is 1. The van der Waals surface area contributed by atoms with Gasteiger partial charge in [0.2, 0.25) is 5.91 Å². The molecule has 158 valence electrons. The minimum absolute atomic E-state index is 0.0314. The van der Waals surface area contributed by atoms with Gasteiger partial charge in [-0.3, -0.25) is 9.36 Å². The number of nitrogens with one attached hydrogen (secondary N) is 1. The number of aromatic nitrogens is 3. The van der Waals surface area contributed by atoms with Gasteiger partial charge < -0.3 is 5.32 Å². The zero-order chi connectivity index (χ0) is 21.3. The Morgan fingerprint density at radius 3 is 2.90 bits per heavy atom. The van der Waals surface area contributed by atoms with Gasteiger partial charge in [0.05, 0.1) is 5.75 Å². The van der Waals surface area contributed by atoms with Gasteiger partial charge in [0, 0.05) is 27.5 Å². The van der Waals surface area contributed by atoms with Crippen molar-refractivity contribution in [2.75, 3.05) is 11.1 Å². The number of anilines is 1. The highest BCUT2D eigenvalue weighted by molar-refractivity contribution is 7.99. The fraction of sp³-hybridized carbons (Fsp3) is 0.435. The van der Waals surface area contributed by atoms with E-state index in [-0.39, 0.29) is 11.9 Å². The van der Waals surface area contributed by atoms with Crippen molar-refractivity contribution < 1.29 is 4.79 Å². The zero-order valence-corrected chi connectivity index (χ0v) is 19.6. The van der Waals surface area contributed by atoms with E-state index < -0.39 is 0 Å². The van der Waals surface area contributed by atoms with Crippen LogP contribution in [-0.4, -0.2) is 26.4 Å². The molecule has 1 aliphatic rings. The van der Waals surface area contributed by atoms with Crippen molar-refractivity contribution in [3.05, 3.63) is 45.6 Å². The summed E-state index contributed by atoms with van der Waals surface area (Å²) < 4.78 is 2.17. The average molecular weight is 441 g/mol. The Kier molecular flexibility index (Phi) is 6.29. The number of aryl methyl sites for hydroxylation is 1. The number of thiophene rings is 1. The molecule has 2 aromatic heterocycles. The van der Waals surface area contributed by atoms with Crippen molar-refractivity contribution in [2.24, 2.45) is 5.92 Å². The third-order valence-electron chi connectivity index (χ3n) is 5.58. The number of benzene rings is 1. The highest BCUT2D eigenvalue weighted by atomic mass is 32.2. The van der Waals surface area contributed by atoms with Crippen LogP contribution in [0.15, 0.2) is 34.8 Å². The molecule has 1 unspecified atom stereocenters. The molecule has 1 aliphatic carbocycles. The molecule has 0 fully saturated rings. The van der Waals surface area contributed by atoms with Crippen molar-refractivity contribution in [1.82, 2.24) is 14.8 Å². The number of carbonyl (C=O) groups is 1. The highest BCUT2D eigenvalue weighted by Gasteiger charge is 2.25. The van der Waals surface area contributed by atoms with Crippen LogP contribution in [0.1, 0.15) is 49.2 Å². The summed E-state index contributed by atoms with van der Waals surface area (Å²) in [5.41, 5.74) is 4.58. The summed E-state index contributed by atoms with van der Waals surface area (Å²) in [7, 11) is 0. The van der Waals surface area contributed by atoms with Crippen LogP contribution in [0.3, 0.4) is 0 Å². The minimum atomic E-state index is -0.0314. The van der Waals surface area contributed by atoms with Crippen LogP contribution >= 0.6 is 23.1 Å². The molecule has 2 heterocycles. The van der Waals surface area contributed by atoms with E-state index in [9.17, 15) is 4.79 Å². The molecule has 0 saturated carbocycles. The lowest BCUT2D eigenvalue weighted by molar-refractivity contribution is -0.113. The molecule has 7 heteroatoms. The van der Waals surface area contributed by atoms with E-state index in [1.807, 2.05) is 42.5 Å². The van der Waals surface area contributed by atoms with Crippen LogP contribution in [0.5, 0.6) is 0 Å². The summed E-state index contributed by atoms with van der Waals surface area (Å²) in [5.74, 6) is 1.96. The lowest BCUT2D eigenvalue weighted by Gasteiger charge is -2.19. The first-order chi connectivity index (χ1) is 14.4. The van der Waals surface area contributed by atoms with Crippen LogP contribution in [0.25, 0.3) is 11.4 Å². The van der Waals surface area contributed by atoms with Gasteiger partial charge in [-0.1, -0.05) is 36.9 Å². The molecular weight excluding hydrogens is 412 g/mol. The summed E-state index contributed by atoms with van der Waals surface area (Å²) in [4.78, 5) is 14.0. The van der Waals surface area contributed by atoms with E-state index in [4.69, 9.17) is 0 Å². The minimum Gasteiger partial charge on any atom is -0.325 e. The van der Waals surface area contributed by atoms with Crippen LogP contribution in [-0.2, 0) is 17.6 Å². The Balaban J connectivity index is 1.52. The van der Waals surface area contributed by atoms with Gasteiger partial charge in [-0.05, 0) is 63.1 Å². The molecule has 30 heavy (non-hydrogen) atoms. The second kappa shape index (κ2) is 8.94. The van der Waals surface area contributed by atoms with Crippen LogP contribution < -0.4 is 5.32 Å². The fourth-order valence-electron chi connectivity index (χ4n) is 3.92. The van der Waals surface area contributed by atoms with E-state index in [0.717, 1.165) is 41.0 Å². The van der Waals surface area contributed by atoms with E-state index in [2.05, 4.69) is 46.2 Å². The number of rotatable bonds is 6. The van der Waals surface area contributed by atoms with Crippen molar-refractivity contribution in [1.29, 1.82) is 0 Å². The van der Waals surface area contributed by atoms with E-state index in [0.29, 0.717) is 5.75 Å². The predicted octanol–water partition coefficient (Wildman–Crippen LogP) is 5.75. The van der Waals surface area contributed by atoms with Gasteiger partial charge in [0.25, 0.3) is 0 Å². The third-order valence-corrected chi connectivity index (χ3v) is 7.57. The lowest BCUT2D eigenvalue weighted by atomic mass is 9.88. The molecular formula is C23H28N4OS2. The van der Waals surface area contributed by atoms with Crippen molar-refractivity contribution >= 4 is 34.7 Å². The molecule has 1 amide bonds. The second-order valence-electron chi connectivity index (χ2n) is 8.32. The molecule has 4 rings (SSSR count). The predicted molar refractivity (Wildman–Crippen MR) is 125 cm³/mol. The van der Waals surface area contributed by atoms with Gasteiger partial charge in [-0.2, -0.15) is 0 Å². The number of nitrogens with zero attached hydrogens (tertiary/aromatic N) is 3. The lowest BCUT2D eigenvalue weighted by Crippen LogP contribution is -2.15. The van der Waals surface area contributed by atoms with Crippen LogP contribution in [0.4, 0.5) is 5.69 Å². The molecule has 0 spiro atoms. The highest BCUT2D eigenvalue weighted by Crippen LogP contribution is 2.39. The zero-order valence-electron chi connectivity index (χ0n) is 17.9. The average Bonchev–Trinajstić information content (AvgIpc) is 3.31. The number of para-hydroxylation sites is 1. The van der Waals surface area contributed by atoms with Gasteiger partial charge in [0.15, 0.2) is 11.0 Å². The Hall–Kier alpha value is -2.12. The molecule has 1 aromatic carbocycles. The quantitative estimate of drug-likeness (QED) is 0.496. The van der Waals surface area contributed by atoms with Gasteiger partial charge >= 0.3 is 0 Å². The third kappa shape index (κ3) is 4.32. The molecule has 3 aromatic rings. The summed E-state index contributed by atoms with van der Waals surface area (Å²) in [6.07, 6.45) is 3.51. The maximum Gasteiger partial charge on any atom is 0.234 e. The fourth-order valence-corrected chi connectivity index (χ4v) is 6.03. The summed E-state index contributed by atoms with van der Waals surface area (Å²) >= 11 is 3.29. The first-order valence-electron chi connectivity index (χ1n) is 10.5. The molecule has 5 nitrogen and oxygen atoms in total. The van der Waals surface area contributed by atoms with Crippen LogP contribution in [0, 0.1) is 12.8 Å². The number of amides is 1. The molecule has 0 radical (unpaired) electrons. The maximum absolute atomic E-state index is 12.5. The van der Waals surface area contributed by atoms with Gasteiger partial charge in [-0.15, -0.1) is 21.5 Å². The second-order valence-corrected chi connectivity index (χ2v) is 10.2.